The van der Waals surface area contributed by atoms with Gasteiger partial charge in [-0.05, 0) is 6.42 Å². The molecule has 0 saturated carbocycles. The van der Waals surface area contributed by atoms with Crippen molar-refractivity contribution in [3.8, 4) is 0 Å². The van der Waals surface area contributed by atoms with Gasteiger partial charge in [-0.25, -0.2) is 0 Å². The van der Waals surface area contributed by atoms with Crippen LogP contribution in [0.3, 0.4) is 0 Å². The van der Waals surface area contributed by atoms with E-state index in [1.165, 1.54) is 0 Å². The molecule has 1 N–H and O–H groups in total. The zero-order chi connectivity index (χ0) is 4.99. The van der Waals surface area contributed by atoms with Crippen molar-refractivity contribution in [2.24, 2.45) is 0 Å². The number of carboxylic acid groups (broad SMARTS) is 1. The number of rotatable bonds is 2. The molecule has 0 unspecified atom stereocenters. The van der Waals surface area contributed by atoms with E-state index < -0.39 is 5.97 Å². The Kier molecular flexibility index (Phi) is 7.90. The fourth-order valence-corrected chi connectivity index (χ4v) is 0.214. The summed E-state index contributed by atoms with van der Waals surface area (Å²) in [5.74, 6) is -0.711. The maximum atomic E-state index is 9.60. The van der Waals surface area contributed by atoms with Crippen LogP contribution >= 0.6 is 0 Å². The third-order valence-electron chi connectivity index (χ3n) is 0.464. The Bertz CT molecular complexity index is 53.7. The Morgan fingerprint density at radius 1 is 1.71 bits per heavy atom. The number of carbonyl (C=O) groups is 1. The number of carboxylic acids is 1. The van der Waals surface area contributed by atoms with Crippen LogP contribution in [-0.2, 0) is 4.79 Å². The molecule has 0 heterocycles. The van der Waals surface area contributed by atoms with Crippen molar-refractivity contribution in [3.63, 3.8) is 0 Å². The van der Waals surface area contributed by atoms with E-state index in [2.05, 4.69) is 0 Å². The molecular weight excluding hydrogens is 89.1 g/mol. The van der Waals surface area contributed by atoms with E-state index in [9.17, 15) is 4.79 Å². The summed E-state index contributed by atoms with van der Waals surface area (Å²) in [6.45, 7) is 1.84. The van der Waals surface area contributed by atoms with Crippen LogP contribution in [0.2, 0.25) is 0 Å². The predicted molar refractivity (Wildman–Crippen MR) is 31.1 cm³/mol. The maximum absolute atomic E-state index is 9.60. The summed E-state index contributed by atoms with van der Waals surface area (Å²) in [4.78, 5) is 9.60. The van der Waals surface area contributed by atoms with Crippen LogP contribution in [0.4, 0.5) is 0 Å². The first-order chi connectivity index (χ1) is 2.77. The van der Waals surface area contributed by atoms with E-state index in [1.54, 1.807) is 0 Å². The van der Waals surface area contributed by atoms with Gasteiger partial charge in [-0.1, -0.05) is 6.92 Å². The van der Waals surface area contributed by atoms with Crippen molar-refractivity contribution < 1.29 is 9.90 Å². The second-order valence-electron chi connectivity index (χ2n) is 1.14. The predicted octanol–water partition coefficient (Wildman–Crippen LogP) is -0.0451. The molecule has 0 aromatic heterocycles. The first kappa shape index (κ1) is 9.81. The summed E-state index contributed by atoms with van der Waals surface area (Å²) in [5, 5.41) is 7.91. The van der Waals surface area contributed by atoms with Crippen LogP contribution in [0.15, 0.2) is 0 Å². The van der Waals surface area contributed by atoms with Crippen LogP contribution in [0.5, 0.6) is 0 Å². The minimum atomic E-state index is -0.711. The first-order valence-corrected chi connectivity index (χ1v) is 1.99. The van der Waals surface area contributed by atoms with E-state index in [0.717, 1.165) is 6.42 Å². The van der Waals surface area contributed by atoms with Gasteiger partial charge in [-0.2, -0.15) is 0 Å². The second kappa shape index (κ2) is 5.64. The van der Waals surface area contributed by atoms with Gasteiger partial charge in [0.2, 0.25) is 0 Å². The Morgan fingerprint density at radius 3 is 2.14 bits per heavy atom. The van der Waals surface area contributed by atoms with Gasteiger partial charge in [0.15, 0.2) is 0 Å². The molecule has 0 aromatic rings. The van der Waals surface area contributed by atoms with Gasteiger partial charge in [0.1, 0.15) is 0 Å². The Morgan fingerprint density at radius 2 is 2.14 bits per heavy atom. The van der Waals surface area contributed by atoms with E-state index in [1.807, 2.05) is 6.92 Å². The van der Waals surface area contributed by atoms with Gasteiger partial charge in [0.05, 0.1) is 0 Å². The van der Waals surface area contributed by atoms with Gasteiger partial charge in [-0.3, -0.25) is 4.79 Å². The summed E-state index contributed by atoms with van der Waals surface area (Å²) < 4.78 is 0. The fourth-order valence-electron chi connectivity index (χ4n) is 0.214. The molecular formula is C4H10BeO2. The van der Waals surface area contributed by atoms with Gasteiger partial charge in [-0.15, -0.1) is 0 Å². The first-order valence-electron chi connectivity index (χ1n) is 1.99. The average molecular weight is 99.1 g/mol. The molecule has 7 heavy (non-hydrogen) atoms. The molecule has 0 radical (unpaired) electrons. The van der Waals surface area contributed by atoms with Crippen molar-refractivity contribution in [2.75, 3.05) is 0 Å². The molecule has 0 spiro atoms. The topological polar surface area (TPSA) is 37.3 Å². The molecule has 0 bridgehead atoms. The van der Waals surface area contributed by atoms with Gasteiger partial charge < -0.3 is 5.11 Å². The summed E-state index contributed by atoms with van der Waals surface area (Å²) in [6.07, 6.45) is 1.02. The molecule has 0 saturated heterocycles. The van der Waals surface area contributed by atoms with Crippen LogP contribution in [0.25, 0.3) is 0 Å². The Balaban J connectivity index is 0. The van der Waals surface area contributed by atoms with Gasteiger partial charge in [0, 0.05) is 6.42 Å². The summed E-state index contributed by atoms with van der Waals surface area (Å²) in [5.41, 5.74) is 0. The summed E-state index contributed by atoms with van der Waals surface area (Å²) in [7, 11) is 0. The molecule has 2 nitrogen and oxygen atoms in total. The minimum absolute atomic E-state index is 0. The zero-order valence-corrected chi connectivity index (χ0v) is 3.77. The van der Waals surface area contributed by atoms with Crippen molar-refractivity contribution in [3.05, 3.63) is 0 Å². The molecule has 0 aliphatic carbocycles. The van der Waals surface area contributed by atoms with Crippen molar-refractivity contribution in [2.45, 2.75) is 19.8 Å². The summed E-state index contributed by atoms with van der Waals surface area (Å²) in [6, 6.07) is 0. The van der Waals surface area contributed by atoms with E-state index in [4.69, 9.17) is 5.11 Å². The van der Waals surface area contributed by atoms with E-state index in [-0.39, 0.29) is 10.1 Å². The molecule has 0 aliphatic rings. The van der Waals surface area contributed by atoms with Crippen molar-refractivity contribution in [1.82, 2.24) is 0 Å². The van der Waals surface area contributed by atoms with Gasteiger partial charge in [0.25, 0.3) is 0 Å². The van der Waals surface area contributed by atoms with Crippen molar-refractivity contribution in [1.29, 1.82) is 0 Å². The number of hydrogen-bond acceptors (Lipinski definition) is 1. The van der Waals surface area contributed by atoms with Crippen LogP contribution in [0.1, 0.15) is 19.8 Å². The fraction of sp³-hybridized carbons (Fsp3) is 0.750. The third kappa shape index (κ3) is 10.7. The Hall–Kier alpha value is -0.361. The number of hydrogen-bond donors (Lipinski definition) is 1. The van der Waals surface area contributed by atoms with Crippen LogP contribution in [-0.4, -0.2) is 21.2 Å². The van der Waals surface area contributed by atoms with Gasteiger partial charge >= 0.3 is 16.1 Å². The summed E-state index contributed by atoms with van der Waals surface area (Å²) >= 11 is 0. The normalized spacial score (nSPS) is 7.00. The number of aliphatic carboxylic acids is 1. The molecule has 0 aliphatic heterocycles. The molecule has 0 atom stereocenters. The molecule has 0 fully saturated rings. The SMILES string of the molecule is CCCC(=O)O.[BeH2]. The molecule has 3 heteroatoms. The third-order valence-corrected chi connectivity index (χ3v) is 0.464. The monoisotopic (exact) mass is 99.1 g/mol. The molecule has 0 rings (SSSR count). The van der Waals surface area contributed by atoms with Crippen LogP contribution < -0.4 is 0 Å². The van der Waals surface area contributed by atoms with E-state index >= 15 is 0 Å². The average Bonchev–Trinajstić information content (AvgIpc) is 1.35. The van der Waals surface area contributed by atoms with Crippen LogP contribution in [0, 0.1) is 0 Å². The Labute approximate surface area is 46.8 Å². The standard InChI is InChI=1S/C4H8O2.Be.2H/c1-2-3-4(5)6;;;/h2-3H2,1H3,(H,5,6);;;. The molecule has 0 aromatic carbocycles. The second-order valence-corrected chi connectivity index (χ2v) is 1.14. The molecule has 40 valence electrons. The van der Waals surface area contributed by atoms with Crippen molar-refractivity contribution >= 4 is 16.1 Å². The zero-order valence-electron chi connectivity index (χ0n) is 3.77. The molecule has 0 amide bonds. The quantitative estimate of drug-likeness (QED) is 0.493. The van der Waals surface area contributed by atoms with E-state index in [0.29, 0.717) is 6.42 Å².